The first-order valence-corrected chi connectivity index (χ1v) is 7.05. The van der Waals surface area contributed by atoms with Gasteiger partial charge in [0.1, 0.15) is 0 Å². The first-order valence-electron chi connectivity index (χ1n) is 7.05. The Labute approximate surface area is 106 Å². The minimum Gasteiger partial charge on any atom is -0.313 e. The van der Waals surface area contributed by atoms with Gasteiger partial charge in [0.25, 0.3) is 0 Å². The number of hydrogen-bond donors (Lipinski definition) is 1. The highest BCUT2D eigenvalue weighted by Crippen LogP contribution is 2.33. The Morgan fingerprint density at radius 3 is 2.12 bits per heavy atom. The maximum atomic E-state index is 3.54. The van der Waals surface area contributed by atoms with Crippen LogP contribution >= 0.6 is 0 Å². The lowest BCUT2D eigenvalue weighted by Crippen LogP contribution is -2.25. The van der Waals surface area contributed by atoms with Crippen LogP contribution in [0.15, 0.2) is 24.3 Å². The van der Waals surface area contributed by atoms with Crippen molar-refractivity contribution in [2.24, 2.45) is 5.92 Å². The lowest BCUT2D eigenvalue weighted by Gasteiger charge is -2.26. The summed E-state index contributed by atoms with van der Waals surface area (Å²) in [6.07, 6.45) is 8.46. The molecule has 1 aliphatic rings. The van der Waals surface area contributed by atoms with E-state index in [0.29, 0.717) is 6.04 Å². The summed E-state index contributed by atoms with van der Waals surface area (Å²) in [7, 11) is 2.11. The standard InChI is InChI=1S/C16H25N/c1-13-9-11-15(12-10-13)16(17-2)14-7-5-3-4-6-8-14/h9-12,14,16-17H,3-8H2,1-2H3. The van der Waals surface area contributed by atoms with Crippen molar-refractivity contribution >= 4 is 0 Å². The van der Waals surface area contributed by atoms with E-state index in [9.17, 15) is 0 Å². The van der Waals surface area contributed by atoms with Crippen LogP contribution in [0.25, 0.3) is 0 Å². The van der Waals surface area contributed by atoms with Gasteiger partial charge in [-0.25, -0.2) is 0 Å². The van der Waals surface area contributed by atoms with Gasteiger partial charge in [-0.1, -0.05) is 55.5 Å². The van der Waals surface area contributed by atoms with E-state index in [0.717, 1.165) is 5.92 Å². The van der Waals surface area contributed by atoms with E-state index < -0.39 is 0 Å². The third-order valence-corrected chi connectivity index (χ3v) is 4.12. The first-order chi connectivity index (χ1) is 8.31. The summed E-state index contributed by atoms with van der Waals surface area (Å²) < 4.78 is 0. The molecule has 1 aliphatic carbocycles. The van der Waals surface area contributed by atoms with Gasteiger partial charge >= 0.3 is 0 Å². The Kier molecular flexibility index (Phi) is 4.61. The minimum atomic E-state index is 0.550. The van der Waals surface area contributed by atoms with Crippen molar-refractivity contribution in [3.8, 4) is 0 Å². The molecule has 1 N–H and O–H groups in total. The van der Waals surface area contributed by atoms with Crippen molar-refractivity contribution in [2.45, 2.75) is 51.5 Å². The Hall–Kier alpha value is -0.820. The molecule has 0 amide bonds. The fraction of sp³-hybridized carbons (Fsp3) is 0.625. The van der Waals surface area contributed by atoms with Gasteiger partial charge in [-0.3, -0.25) is 0 Å². The van der Waals surface area contributed by atoms with Crippen molar-refractivity contribution in [3.63, 3.8) is 0 Å². The lowest BCUT2D eigenvalue weighted by atomic mass is 9.87. The third-order valence-electron chi connectivity index (χ3n) is 4.12. The van der Waals surface area contributed by atoms with E-state index >= 15 is 0 Å². The average Bonchev–Trinajstić information content (AvgIpc) is 2.62. The Bertz CT molecular complexity index is 320. The van der Waals surface area contributed by atoms with Crippen LogP contribution in [0.2, 0.25) is 0 Å². The number of hydrogen-bond acceptors (Lipinski definition) is 1. The molecule has 0 aliphatic heterocycles. The van der Waals surface area contributed by atoms with Gasteiger partial charge in [0.2, 0.25) is 0 Å². The van der Waals surface area contributed by atoms with E-state index in [2.05, 4.69) is 43.6 Å². The normalized spacial score (nSPS) is 19.9. The fourth-order valence-electron chi connectivity index (χ4n) is 3.09. The zero-order valence-corrected chi connectivity index (χ0v) is 11.2. The van der Waals surface area contributed by atoms with Gasteiger partial charge in [-0.05, 0) is 38.3 Å². The molecule has 1 aromatic carbocycles. The van der Waals surface area contributed by atoms with Gasteiger partial charge in [0, 0.05) is 6.04 Å². The quantitative estimate of drug-likeness (QED) is 0.768. The third kappa shape index (κ3) is 3.32. The highest BCUT2D eigenvalue weighted by atomic mass is 14.9. The predicted octanol–water partition coefficient (Wildman–Crippen LogP) is 4.23. The molecule has 1 nitrogen and oxygen atoms in total. The van der Waals surface area contributed by atoms with E-state index in [1.165, 1.54) is 49.7 Å². The van der Waals surface area contributed by atoms with Crippen molar-refractivity contribution in [1.29, 1.82) is 0 Å². The molecule has 1 fully saturated rings. The molecule has 1 atom stereocenters. The lowest BCUT2D eigenvalue weighted by molar-refractivity contribution is 0.341. The molecule has 0 aromatic heterocycles. The van der Waals surface area contributed by atoms with Gasteiger partial charge < -0.3 is 5.32 Å². The molecule has 0 heterocycles. The minimum absolute atomic E-state index is 0.550. The van der Waals surface area contributed by atoms with Crippen LogP contribution in [-0.2, 0) is 0 Å². The van der Waals surface area contributed by atoms with Crippen LogP contribution in [-0.4, -0.2) is 7.05 Å². The molecule has 0 radical (unpaired) electrons. The number of nitrogens with one attached hydrogen (secondary N) is 1. The van der Waals surface area contributed by atoms with Crippen LogP contribution in [0.1, 0.15) is 55.7 Å². The molecular weight excluding hydrogens is 206 g/mol. The Morgan fingerprint density at radius 1 is 1.00 bits per heavy atom. The smallest absolute Gasteiger partial charge is 0.0346 e. The fourth-order valence-corrected chi connectivity index (χ4v) is 3.09. The molecule has 1 heteroatoms. The average molecular weight is 231 g/mol. The molecular formula is C16H25N. The number of benzene rings is 1. The highest BCUT2D eigenvalue weighted by molar-refractivity contribution is 5.24. The molecule has 0 spiro atoms. The summed E-state index contributed by atoms with van der Waals surface area (Å²) in [5, 5.41) is 3.54. The zero-order chi connectivity index (χ0) is 12.1. The van der Waals surface area contributed by atoms with E-state index in [4.69, 9.17) is 0 Å². The van der Waals surface area contributed by atoms with Gasteiger partial charge in [-0.2, -0.15) is 0 Å². The van der Waals surface area contributed by atoms with Crippen molar-refractivity contribution in [3.05, 3.63) is 35.4 Å². The maximum absolute atomic E-state index is 3.54. The second-order valence-electron chi connectivity index (χ2n) is 5.43. The molecule has 0 saturated heterocycles. The molecule has 1 saturated carbocycles. The van der Waals surface area contributed by atoms with Crippen LogP contribution in [0.3, 0.4) is 0 Å². The number of rotatable bonds is 3. The van der Waals surface area contributed by atoms with E-state index in [1.807, 2.05) is 0 Å². The molecule has 2 rings (SSSR count). The van der Waals surface area contributed by atoms with Crippen molar-refractivity contribution < 1.29 is 0 Å². The van der Waals surface area contributed by atoms with E-state index in [-0.39, 0.29) is 0 Å². The monoisotopic (exact) mass is 231 g/mol. The molecule has 1 aromatic rings. The van der Waals surface area contributed by atoms with Gasteiger partial charge in [-0.15, -0.1) is 0 Å². The summed E-state index contributed by atoms with van der Waals surface area (Å²) in [4.78, 5) is 0. The second kappa shape index (κ2) is 6.20. The SMILES string of the molecule is CNC(c1ccc(C)cc1)C1CCCCCC1. The van der Waals surface area contributed by atoms with Crippen LogP contribution in [0.5, 0.6) is 0 Å². The maximum Gasteiger partial charge on any atom is 0.0346 e. The first kappa shape index (κ1) is 12.6. The predicted molar refractivity (Wildman–Crippen MR) is 74.2 cm³/mol. The topological polar surface area (TPSA) is 12.0 Å². The Morgan fingerprint density at radius 2 is 1.59 bits per heavy atom. The van der Waals surface area contributed by atoms with Crippen LogP contribution in [0, 0.1) is 12.8 Å². The Balaban J connectivity index is 2.11. The molecule has 17 heavy (non-hydrogen) atoms. The van der Waals surface area contributed by atoms with Gasteiger partial charge in [0.05, 0.1) is 0 Å². The van der Waals surface area contributed by atoms with Crippen LogP contribution < -0.4 is 5.32 Å². The van der Waals surface area contributed by atoms with Crippen molar-refractivity contribution in [1.82, 2.24) is 5.32 Å². The van der Waals surface area contributed by atoms with E-state index in [1.54, 1.807) is 0 Å². The van der Waals surface area contributed by atoms with Crippen molar-refractivity contribution in [2.75, 3.05) is 7.05 Å². The molecule has 1 unspecified atom stereocenters. The zero-order valence-electron chi connectivity index (χ0n) is 11.2. The molecule has 94 valence electrons. The van der Waals surface area contributed by atoms with Gasteiger partial charge in [0.15, 0.2) is 0 Å². The summed E-state index contributed by atoms with van der Waals surface area (Å²) in [5.74, 6) is 0.824. The second-order valence-corrected chi connectivity index (χ2v) is 5.43. The summed E-state index contributed by atoms with van der Waals surface area (Å²) >= 11 is 0. The summed E-state index contributed by atoms with van der Waals surface area (Å²) in [5.41, 5.74) is 2.81. The molecule has 0 bridgehead atoms. The van der Waals surface area contributed by atoms with Crippen LogP contribution in [0.4, 0.5) is 0 Å². The summed E-state index contributed by atoms with van der Waals surface area (Å²) in [6, 6.07) is 9.60. The highest BCUT2D eigenvalue weighted by Gasteiger charge is 2.22. The largest absolute Gasteiger partial charge is 0.313 e. The number of aryl methyl sites for hydroxylation is 1. The summed E-state index contributed by atoms with van der Waals surface area (Å²) in [6.45, 7) is 2.16.